The van der Waals surface area contributed by atoms with Crippen LogP contribution in [0.4, 0.5) is 5.00 Å². The number of imidazole rings is 1. The van der Waals surface area contributed by atoms with Crippen molar-refractivity contribution in [2.45, 2.75) is 51.6 Å². The number of hydrogen-bond acceptors (Lipinski definition) is 5. The molecule has 0 saturated carbocycles. The molecule has 2 rings (SSSR count). The predicted molar refractivity (Wildman–Crippen MR) is 103 cm³/mol. The topological polar surface area (TPSA) is 90.0 Å². The summed E-state index contributed by atoms with van der Waals surface area (Å²) in [4.78, 5) is 28.5. The van der Waals surface area contributed by atoms with E-state index in [2.05, 4.69) is 28.7 Å². The maximum Gasteiger partial charge on any atom is 0.251 e. The molecule has 2 heterocycles. The molecule has 8 heteroatoms. The van der Waals surface area contributed by atoms with Gasteiger partial charge in [0, 0.05) is 12.2 Å². The van der Waals surface area contributed by atoms with Gasteiger partial charge in [0.05, 0.1) is 16.5 Å². The molecule has 1 unspecified atom stereocenters. The molecule has 2 aromatic heterocycles. The minimum absolute atomic E-state index is 0.177. The Morgan fingerprint density at radius 1 is 1.36 bits per heavy atom. The molecule has 2 aromatic rings. The normalized spacial score (nSPS) is 12.4. The number of thiophene rings is 1. The second-order valence-corrected chi connectivity index (χ2v) is 8.57. The fourth-order valence-corrected chi connectivity index (χ4v) is 4.12. The molecule has 1 atom stereocenters. The van der Waals surface area contributed by atoms with E-state index in [-0.39, 0.29) is 11.2 Å². The maximum absolute atomic E-state index is 12.5. The number of primary amides is 1. The van der Waals surface area contributed by atoms with E-state index in [0.29, 0.717) is 16.5 Å². The van der Waals surface area contributed by atoms with Crippen molar-refractivity contribution in [2.24, 2.45) is 11.7 Å². The highest BCUT2D eigenvalue weighted by molar-refractivity contribution is 8.00. The van der Waals surface area contributed by atoms with E-state index < -0.39 is 5.91 Å². The molecular formula is C17H24N4O2S2. The van der Waals surface area contributed by atoms with Gasteiger partial charge in [-0.05, 0) is 38.1 Å². The van der Waals surface area contributed by atoms with Crippen LogP contribution in [0.1, 0.15) is 42.5 Å². The summed E-state index contributed by atoms with van der Waals surface area (Å²) in [7, 11) is 0. The number of amides is 2. The Morgan fingerprint density at radius 3 is 2.64 bits per heavy atom. The standard InChI is InChI=1S/C17H24N4O2S2/c1-9(2)8-21-11(4)10(3)19-17(21)25-12(5)15(23)20-16-13(14(18)22)6-7-24-16/h6-7,9,12H,8H2,1-5H3,(H2,18,22)(H,20,23). The summed E-state index contributed by atoms with van der Waals surface area (Å²) in [6, 6.07) is 1.61. The van der Waals surface area contributed by atoms with Crippen molar-refractivity contribution in [3.05, 3.63) is 28.4 Å². The van der Waals surface area contributed by atoms with E-state index in [1.165, 1.54) is 23.1 Å². The molecule has 2 amide bonds. The first-order valence-corrected chi connectivity index (χ1v) is 9.85. The van der Waals surface area contributed by atoms with Gasteiger partial charge >= 0.3 is 0 Å². The number of aromatic nitrogens is 2. The quantitative estimate of drug-likeness (QED) is 0.720. The highest BCUT2D eigenvalue weighted by Crippen LogP contribution is 2.28. The first-order chi connectivity index (χ1) is 11.7. The average molecular weight is 381 g/mol. The number of nitrogens with two attached hydrogens (primary N) is 1. The third-order valence-corrected chi connectivity index (χ3v) is 5.71. The number of carbonyl (C=O) groups is 2. The molecule has 0 radical (unpaired) electrons. The first kappa shape index (κ1) is 19.5. The van der Waals surface area contributed by atoms with Crippen LogP contribution in [-0.4, -0.2) is 26.6 Å². The van der Waals surface area contributed by atoms with Gasteiger partial charge in [0.15, 0.2) is 5.16 Å². The molecule has 6 nitrogen and oxygen atoms in total. The minimum Gasteiger partial charge on any atom is -0.366 e. The molecule has 0 aliphatic heterocycles. The minimum atomic E-state index is -0.546. The van der Waals surface area contributed by atoms with Crippen LogP contribution in [-0.2, 0) is 11.3 Å². The van der Waals surface area contributed by atoms with Crippen LogP contribution < -0.4 is 11.1 Å². The lowest BCUT2D eigenvalue weighted by atomic mass is 10.2. The van der Waals surface area contributed by atoms with Crippen LogP contribution in [0.3, 0.4) is 0 Å². The van der Waals surface area contributed by atoms with Gasteiger partial charge in [0.2, 0.25) is 5.91 Å². The van der Waals surface area contributed by atoms with Crippen molar-refractivity contribution >= 4 is 39.9 Å². The largest absolute Gasteiger partial charge is 0.366 e. The zero-order valence-electron chi connectivity index (χ0n) is 15.1. The number of rotatable bonds is 7. The molecule has 25 heavy (non-hydrogen) atoms. The predicted octanol–water partition coefficient (Wildman–Crippen LogP) is 3.44. The number of hydrogen-bond donors (Lipinski definition) is 2. The number of anilines is 1. The molecule has 0 bridgehead atoms. The van der Waals surface area contributed by atoms with Gasteiger partial charge in [-0.15, -0.1) is 11.3 Å². The summed E-state index contributed by atoms with van der Waals surface area (Å²) in [6.07, 6.45) is 0. The van der Waals surface area contributed by atoms with E-state index in [0.717, 1.165) is 23.1 Å². The van der Waals surface area contributed by atoms with Crippen LogP contribution in [0.2, 0.25) is 0 Å². The third-order valence-electron chi connectivity index (χ3n) is 3.79. The van der Waals surface area contributed by atoms with Crippen LogP contribution >= 0.6 is 23.1 Å². The SMILES string of the molecule is Cc1nc(SC(C)C(=O)Nc2sccc2C(N)=O)n(CC(C)C)c1C. The molecule has 0 aliphatic carbocycles. The Kier molecular flexibility index (Phi) is 6.29. The molecule has 0 aliphatic rings. The molecular weight excluding hydrogens is 356 g/mol. The summed E-state index contributed by atoms with van der Waals surface area (Å²) in [6.45, 7) is 11.0. The molecule has 3 N–H and O–H groups in total. The second kappa shape index (κ2) is 8.05. The van der Waals surface area contributed by atoms with Crippen LogP contribution in [0, 0.1) is 19.8 Å². The zero-order valence-corrected chi connectivity index (χ0v) is 16.8. The fraction of sp³-hybridized carbons (Fsp3) is 0.471. The van der Waals surface area contributed by atoms with Crippen LogP contribution in [0.25, 0.3) is 0 Å². The van der Waals surface area contributed by atoms with Gasteiger partial charge in [0.1, 0.15) is 5.00 Å². The van der Waals surface area contributed by atoms with Gasteiger partial charge < -0.3 is 15.6 Å². The molecule has 0 spiro atoms. The van der Waals surface area contributed by atoms with E-state index in [4.69, 9.17) is 5.73 Å². The Hall–Kier alpha value is -1.80. The lowest BCUT2D eigenvalue weighted by Gasteiger charge is -2.15. The van der Waals surface area contributed by atoms with Crippen molar-refractivity contribution in [1.82, 2.24) is 9.55 Å². The summed E-state index contributed by atoms with van der Waals surface area (Å²) in [5.41, 5.74) is 7.75. The molecule has 136 valence electrons. The Labute approximate surface area is 156 Å². The monoisotopic (exact) mass is 380 g/mol. The highest BCUT2D eigenvalue weighted by atomic mass is 32.2. The van der Waals surface area contributed by atoms with Crippen molar-refractivity contribution in [1.29, 1.82) is 0 Å². The van der Waals surface area contributed by atoms with Crippen molar-refractivity contribution in [2.75, 3.05) is 5.32 Å². The van der Waals surface area contributed by atoms with Crippen molar-refractivity contribution in [3.8, 4) is 0 Å². The summed E-state index contributed by atoms with van der Waals surface area (Å²) < 4.78 is 2.16. The average Bonchev–Trinajstić information content (AvgIpc) is 3.07. The lowest BCUT2D eigenvalue weighted by Crippen LogP contribution is -2.24. The van der Waals surface area contributed by atoms with E-state index >= 15 is 0 Å². The second-order valence-electron chi connectivity index (χ2n) is 6.35. The summed E-state index contributed by atoms with van der Waals surface area (Å²) in [5, 5.41) is 5.50. The fourth-order valence-electron chi connectivity index (χ4n) is 2.32. The number of aryl methyl sites for hydroxylation is 1. The number of nitrogens with zero attached hydrogens (tertiary/aromatic N) is 2. The molecule has 0 saturated heterocycles. The van der Waals surface area contributed by atoms with E-state index in [1.54, 1.807) is 11.4 Å². The number of carbonyl (C=O) groups excluding carboxylic acids is 2. The first-order valence-electron chi connectivity index (χ1n) is 8.09. The Morgan fingerprint density at radius 2 is 2.04 bits per heavy atom. The third kappa shape index (κ3) is 4.64. The zero-order chi connectivity index (χ0) is 18.7. The Balaban J connectivity index is 2.12. The van der Waals surface area contributed by atoms with E-state index in [1.807, 2.05) is 20.8 Å². The van der Waals surface area contributed by atoms with Gasteiger partial charge in [0.25, 0.3) is 5.91 Å². The van der Waals surface area contributed by atoms with Gasteiger partial charge in [-0.2, -0.15) is 0 Å². The molecule has 0 aromatic carbocycles. The van der Waals surface area contributed by atoms with Gasteiger partial charge in [-0.25, -0.2) is 4.98 Å². The highest BCUT2D eigenvalue weighted by Gasteiger charge is 2.22. The number of nitrogens with one attached hydrogen (secondary N) is 1. The van der Waals surface area contributed by atoms with Gasteiger partial charge in [-0.3, -0.25) is 9.59 Å². The number of thioether (sulfide) groups is 1. The summed E-state index contributed by atoms with van der Waals surface area (Å²) >= 11 is 2.70. The molecule has 0 fully saturated rings. The lowest BCUT2D eigenvalue weighted by molar-refractivity contribution is -0.115. The van der Waals surface area contributed by atoms with Crippen LogP contribution in [0.5, 0.6) is 0 Å². The van der Waals surface area contributed by atoms with Crippen molar-refractivity contribution in [3.63, 3.8) is 0 Å². The van der Waals surface area contributed by atoms with Crippen molar-refractivity contribution < 1.29 is 9.59 Å². The smallest absolute Gasteiger partial charge is 0.251 e. The van der Waals surface area contributed by atoms with Gasteiger partial charge in [-0.1, -0.05) is 25.6 Å². The van der Waals surface area contributed by atoms with E-state index in [9.17, 15) is 9.59 Å². The summed E-state index contributed by atoms with van der Waals surface area (Å²) in [5.74, 6) is -0.236. The Bertz CT molecular complexity index is 780. The van der Waals surface area contributed by atoms with Crippen LogP contribution in [0.15, 0.2) is 16.6 Å². The maximum atomic E-state index is 12.5.